The van der Waals surface area contributed by atoms with Crippen LogP contribution in [0.1, 0.15) is 46.5 Å². The zero-order chi connectivity index (χ0) is 7.82. The van der Waals surface area contributed by atoms with Crippen molar-refractivity contribution in [2.75, 3.05) is 0 Å². The first-order valence-electron chi connectivity index (χ1n) is 4.47. The zero-order valence-electron chi connectivity index (χ0n) is 7.56. The highest BCUT2D eigenvalue weighted by molar-refractivity contribution is 4.85. The van der Waals surface area contributed by atoms with Crippen molar-refractivity contribution in [1.29, 1.82) is 0 Å². The van der Waals surface area contributed by atoms with Crippen molar-refractivity contribution in [3.8, 4) is 0 Å². The molecular formula is C10H20. The number of allylic oxidation sites excluding steroid dienone is 2. The Morgan fingerprint density at radius 2 is 2.00 bits per heavy atom. The molecule has 0 rings (SSSR count). The topological polar surface area (TPSA) is 0 Å². The second-order valence-electron chi connectivity index (χ2n) is 2.96. The molecule has 0 aromatic carbocycles. The molecule has 0 aliphatic heterocycles. The summed E-state index contributed by atoms with van der Waals surface area (Å²) in [6, 6.07) is 0. The van der Waals surface area contributed by atoms with Gasteiger partial charge in [0.15, 0.2) is 0 Å². The number of unbranched alkanes of at least 4 members (excludes halogenated alkanes) is 2. The molecule has 10 heavy (non-hydrogen) atoms. The summed E-state index contributed by atoms with van der Waals surface area (Å²) in [5.41, 5.74) is 0. The monoisotopic (exact) mass is 140 g/mol. The van der Waals surface area contributed by atoms with Gasteiger partial charge in [0, 0.05) is 0 Å². The molecule has 0 saturated carbocycles. The second-order valence-corrected chi connectivity index (χ2v) is 2.96. The van der Waals surface area contributed by atoms with Gasteiger partial charge < -0.3 is 0 Å². The van der Waals surface area contributed by atoms with Gasteiger partial charge in [0.05, 0.1) is 0 Å². The average Bonchev–Trinajstić information content (AvgIpc) is 1.98. The lowest BCUT2D eigenvalue weighted by Crippen LogP contribution is -1.83. The third-order valence-corrected chi connectivity index (χ3v) is 1.83. The number of rotatable bonds is 5. The van der Waals surface area contributed by atoms with E-state index < -0.39 is 0 Å². The Morgan fingerprint density at radius 1 is 1.30 bits per heavy atom. The normalized spacial score (nSPS) is 14.3. The summed E-state index contributed by atoms with van der Waals surface area (Å²) < 4.78 is 0. The van der Waals surface area contributed by atoms with Crippen LogP contribution in [0, 0.1) is 5.92 Å². The predicted molar refractivity (Wildman–Crippen MR) is 48.1 cm³/mol. The van der Waals surface area contributed by atoms with E-state index in [1.54, 1.807) is 0 Å². The van der Waals surface area contributed by atoms with Crippen LogP contribution in [0.5, 0.6) is 0 Å². The van der Waals surface area contributed by atoms with E-state index >= 15 is 0 Å². The van der Waals surface area contributed by atoms with Crippen LogP contribution >= 0.6 is 0 Å². The summed E-state index contributed by atoms with van der Waals surface area (Å²) in [5.74, 6) is 0.775. The molecule has 0 bridgehead atoms. The van der Waals surface area contributed by atoms with Gasteiger partial charge in [0.2, 0.25) is 0 Å². The summed E-state index contributed by atoms with van der Waals surface area (Å²) >= 11 is 0. The molecule has 0 nitrogen and oxygen atoms in total. The van der Waals surface area contributed by atoms with Gasteiger partial charge in [0.25, 0.3) is 0 Å². The summed E-state index contributed by atoms with van der Waals surface area (Å²) in [5, 5.41) is 0. The minimum absolute atomic E-state index is 0.775. The van der Waals surface area contributed by atoms with Gasteiger partial charge in [0.1, 0.15) is 0 Å². The second kappa shape index (κ2) is 6.85. The standard InChI is InChI=1S/C10H20/c1-4-6-7-8-9-10(3)5-2/h8-10H,4-7H2,1-3H3/b9-8-. The van der Waals surface area contributed by atoms with E-state index in [1.165, 1.54) is 25.7 Å². The van der Waals surface area contributed by atoms with Crippen LogP contribution < -0.4 is 0 Å². The SMILES string of the molecule is CCCC/C=C\C(C)CC. The van der Waals surface area contributed by atoms with Crippen molar-refractivity contribution in [3.05, 3.63) is 12.2 Å². The van der Waals surface area contributed by atoms with Gasteiger partial charge >= 0.3 is 0 Å². The Kier molecular flexibility index (Phi) is 6.68. The third kappa shape index (κ3) is 5.87. The van der Waals surface area contributed by atoms with E-state index in [1.807, 2.05) is 0 Å². The average molecular weight is 140 g/mol. The van der Waals surface area contributed by atoms with Crippen LogP contribution in [-0.2, 0) is 0 Å². The summed E-state index contributed by atoms with van der Waals surface area (Å²) in [6.07, 6.45) is 9.83. The Hall–Kier alpha value is -0.260. The van der Waals surface area contributed by atoms with Crippen molar-refractivity contribution in [3.63, 3.8) is 0 Å². The maximum absolute atomic E-state index is 2.33. The van der Waals surface area contributed by atoms with Gasteiger partial charge in [-0.1, -0.05) is 52.2 Å². The molecule has 0 aliphatic carbocycles. The molecule has 1 atom stereocenters. The lowest BCUT2D eigenvalue weighted by Gasteiger charge is -1.98. The fourth-order valence-electron chi connectivity index (χ4n) is 0.787. The van der Waals surface area contributed by atoms with Gasteiger partial charge in [-0.15, -0.1) is 0 Å². The van der Waals surface area contributed by atoms with Gasteiger partial charge in [-0.3, -0.25) is 0 Å². The van der Waals surface area contributed by atoms with Crippen LogP contribution in [-0.4, -0.2) is 0 Å². The van der Waals surface area contributed by atoms with E-state index in [0.717, 1.165) is 5.92 Å². The Labute approximate surface area is 65.3 Å². The first kappa shape index (κ1) is 9.74. The highest BCUT2D eigenvalue weighted by atomic mass is 13.9. The molecule has 0 aliphatic rings. The first-order valence-corrected chi connectivity index (χ1v) is 4.47. The van der Waals surface area contributed by atoms with E-state index in [-0.39, 0.29) is 0 Å². The molecule has 0 heteroatoms. The van der Waals surface area contributed by atoms with E-state index in [4.69, 9.17) is 0 Å². The number of hydrogen-bond acceptors (Lipinski definition) is 0. The highest BCUT2D eigenvalue weighted by Gasteiger charge is 1.88. The highest BCUT2D eigenvalue weighted by Crippen LogP contribution is 2.04. The smallest absolute Gasteiger partial charge is 0.0265 e. The van der Waals surface area contributed by atoms with Crippen LogP contribution in [0.3, 0.4) is 0 Å². The molecular weight excluding hydrogens is 120 g/mol. The van der Waals surface area contributed by atoms with Gasteiger partial charge in [-0.25, -0.2) is 0 Å². The summed E-state index contributed by atoms with van der Waals surface area (Å²) in [4.78, 5) is 0. The van der Waals surface area contributed by atoms with Gasteiger partial charge in [-0.2, -0.15) is 0 Å². The minimum Gasteiger partial charge on any atom is -0.0883 e. The first-order chi connectivity index (χ1) is 4.81. The van der Waals surface area contributed by atoms with Crippen LogP contribution in [0.15, 0.2) is 12.2 Å². The molecule has 0 aromatic heterocycles. The molecule has 0 fully saturated rings. The number of hydrogen-bond donors (Lipinski definition) is 0. The van der Waals surface area contributed by atoms with E-state index in [2.05, 4.69) is 32.9 Å². The quantitative estimate of drug-likeness (QED) is 0.402. The molecule has 0 spiro atoms. The lowest BCUT2D eigenvalue weighted by molar-refractivity contribution is 0.691. The van der Waals surface area contributed by atoms with Crippen molar-refractivity contribution in [2.24, 2.45) is 5.92 Å². The van der Waals surface area contributed by atoms with Gasteiger partial charge in [-0.05, 0) is 12.3 Å². The molecule has 0 radical (unpaired) electrons. The Morgan fingerprint density at radius 3 is 2.50 bits per heavy atom. The lowest BCUT2D eigenvalue weighted by atomic mass is 10.1. The van der Waals surface area contributed by atoms with E-state index in [0.29, 0.717) is 0 Å². The molecule has 0 N–H and O–H groups in total. The van der Waals surface area contributed by atoms with Crippen molar-refractivity contribution >= 4 is 0 Å². The van der Waals surface area contributed by atoms with Crippen LogP contribution in [0.2, 0.25) is 0 Å². The predicted octanol–water partition coefficient (Wildman–Crippen LogP) is 3.78. The van der Waals surface area contributed by atoms with Crippen molar-refractivity contribution < 1.29 is 0 Å². The summed E-state index contributed by atoms with van der Waals surface area (Å²) in [7, 11) is 0. The zero-order valence-corrected chi connectivity index (χ0v) is 7.56. The maximum atomic E-state index is 2.33. The molecule has 1 unspecified atom stereocenters. The fraction of sp³-hybridized carbons (Fsp3) is 0.800. The van der Waals surface area contributed by atoms with Crippen molar-refractivity contribution in [2.45, 2.75) is 46.5 Å². The van der Waals surface area contributed by atoms with Crippen molar-refractivity contribution in [1.82, 2.24) is 0 Å². The fourth-order valence-corrected chi connectivity index (χ4v) is 0.787. The minimum atomic E-state index is 0.775. The van der Waals surface area contributed by atoms with Crippen LogP contribution in [0.25, 0.3) is 0 Å². The molecule has 0 saturated heterocycles. The van der Waals surface area contributed by atoms with E-state index in [9.17, 15) is 0 Å². The largest absolute Gasteiger partial charge is 0.0883 e. The molecule has 0 aromatic rings. The molecule has 0 heterocycles. The third-order valence-electron chi connectivity index (χ3n) is 1.83. The van der Waals surface area contributed by atoms with Crippen LogP contribution in [0.4, 0.5) is 0 Å². The molecule has 0 amide bonds. The Bertz CT molecular complexity index is 82.0. The molecule has 60 valence electrons. The Balaban J connectivity index is 3.18. The summed E-state index contributed by atoms with van der Waals surface area (Å²) in [6.45, 7) is 6.73. The maximum Gasteiger partial charge on any atom is -0.0265 e.